The first-order valence-electron chi connectivity index (χ1n) is 11.6. The van der Waals surface area contributed by atoms with E-state index in [0.29, 0.717) is 18.5 Å². The van der Waals surface area contributed by atoms with Gasteiger partial charge in [0.25, 0.3) is 0 Å². The molecule has 174 valence electrons. The fraction of sp³-hybridized carbons (Fsp3) is 0.250. The van der Waals surface area contributed by atoms with E-state index in [1.54, 1.807) is 24.3 Å². The summed E-state index contributed by atoms with van der Waals surface area (Å²) in [5.74, 6) is -0.882. The van der Waals surface area contributed by atoms with Crippen LogP contribution in [0.5, 0.6) is 0 Å². The number of benzene rings is 3. The largest absolute Gasteiger partial charge is 0.313 e. The van der Waals surface area contributed by atoms with Gasteiger partial charge in [-0.1, -0.05) is 0 Å². The summed E-state index contributed by atoms with van der Waals surface area (Å²) in [4.78, 5) is 14.6. The Morgan fingerprint density at radius 2 is 1.50 bits per heavy atom. The summed E-state index contributed by atoms with van der Waals surface area (Å²) in [6, 6.07) is 16.9. The molecule has 1 aliphatic rings. The normalized spacial score (nSPS) is 13.9. The van der Waals surface area contributed by atoms with Crippen molar-refractivity contribution in [3.05, 3.63) is 101 Å². The summed E-state index contributed by atoms with van der Waals surface area (Å²) < 4.78 is 42.8. The molecule has 3 aromatic carbocycles. The number of ketones is 1. The Morgan fingerprint density at radius 1 is 0.824 bits per heavy atom. The van der Waals surface area contributed by atoms with Crippen LogP contribution in [0.3, 0.4) is 0 Å². The standard InChI is InChI=1S/C28H25F3N2O/c29-20-6-4-19(5-7-20)28(34)3-1-2-15-32-16-14-27-25(18-32)24-17-22(31)10-13-26(24)33(27)23-11-8-21(30)9-12-23/h4-13,17H,1-3,14-16,18H2. The topological polar surface area (TPSA) is 25.2 Å². The number of rotatable bonds is 7. The molecule has 0 atom stereocenters. The summed E-state index contributed by atoms with van der Waals surface area (Å²) >= 11 is 0. The number of fused-ring (bicyclic) bond motifs is 3. The Morgan fingerprint density at radius 3 is 2.24 bits per heavy atom. The van der Waals surface area contributed by atoms with E-state index < -0.39 is 0 Å². The van der Waals surface area contributed by atoms with Crippen LogP contribution in [0.2, 0.25) is 0 Å². The number of unbranched alkanes of at least 4 members (excludes halogenated alkanes) is 1. The van der Waals surface area contributed by atoms with Crippen LogP contribution in [0, 0.1) is 17.5 Å². The van der Waals surface area contributed by atoms with Crippen molar-refractivity contribution >= 4 is 16.7 Å². The highest BCUT2D eigenvalue weighted by atomic mass is 19.1. The molecule has 0 bridgehead atoms. The second-order valence-electron chi connectivity index (χ2n) is 8.81. The number of carbonyl (C=O) groups is 1. The SMILES string of the molecule is O=C(CCCCN1CCc2c(c3cc(F)ccc3n2-c2ccc(F)cc2)C1)c1ccc(F)cc1. The fourth-order valence-corrected chi connectivity index (χ4v) is 4.86. The monoisotopic (exact) mass is 462 g/mol. The van der Waals surface area contributed by atoms with E-state index in [1.165, 1.54) is 42.5 Å². The third-order valence-electron chi connectivity index (χ3n) is 6.57. The van der Waals surface area contributed by atoms with Gasteiger partial charge in [-0.3, -0.25) is 9.69 Å². The molecule has 0 unspecified atom stereocenters. The molecular weight excluding hydrogens is 437 g/mol. The van der Waals surface area contributed by atoms with Crippen LogP contribution in [0.4, 0.5) is 13.2 Å². The number of carbonyl (C=O) groups excluding carboxylic acids is 1. The number of nitrogens with zero attached hydrogens (tertiary/aromatic N) is 2. The lowest BCUT2D eigenvalue weighted by Crippen LogP contribution is -2.31. The zero-order valence-electron chi connectivity index (χ0n) is 18.7. The van der Waals surface area contributed by atoms with Gasteiger partial charge in [-0.25, -0.2) is 13.2 Å². The molecule has 0 radical (unpaired) electrons. The van der Waals surface area contributed by atoms with Gasteiger partial charge in [0.1, 0.15) is 17.5 Å². The maximum atomic E-state index is 14.1. The molecule has 34 heavy (non-hydrogen) atoms. The van der Waals surface area contributed by atoms with Crippen LogP contribution in [0.15, 0.2) is 66.7 Å². The van der Waals surface area contributed by atoms with Gasteiger partial charge in [-0.05, 0) is 91.7 Å². The highest BCUT2D eigenvalue weighted by Crippen LogP contribution is 2.34. The average molecular weight is 463 g/mol. The Balaban J connectivity index is 1.29. The third-order valence-corrected chi connectivity index (χ3v) is 6.57. The van der Waals surface area contributed by atoms with Gasteiger partial charge in [-0.2, -0.15) is 0 Å². The summed E-state index contributed by atoms with van der Waals surface area (Å²) in [7, 11) is 0. The lowest BCUT2D eigenvalue weighted by molar-refractivity contribution is 0.0977. The molecule has 2 heterocycles. The second-order valence-corrected chi connectivity index (χ2v) is 8.81. The minimum Gasteiger partial charge on any atom is -0.313 e. The molecule has 1 aromatic heterocycles. The summed E-state index contributed by atoms with van der Waals surface area (Å²) in [6.45, 7) is 2.41. The van der Waals surface area contributed by atoms with Crippen LogP contribution in [-0.2, 0) is 13.0 Å². The van der Waals surface area contributed by atoms with E-state index in [0.717, 1.165) is 60.2 Å². The number of hydrogen-bond donors (Lipinski definition) is 0. The molecule has 6 heteroatoms. The highest BCUT2D eigenvalue weighted by molar-refractivity contribution is 5.96. The van der Waals surface area contributed by atoms with Crippen LogP contribution in [-0.4, -0.2) is 28.3 Å². The van der Waals surface area contributed by atoms with E-state index >= 15 is 0 Å². The van der Waals surface area contributed by atoms with Crippen molar-refractivity contribution in [1.29, 1.82) is 0 Å². The zero-order chi connectivity index (χ0) is 23.7. The summed E-state index contributed by atoms with van der Waals surface area (Å²) in [6.07, 6.45) is 2.86. The molecule has 5 rings (SSSR count). The first-order chi connectivity index (χ1) is 16.5. The van der Waals surface area contributed by atoms with Gasteiger partial charge in [0.2, 0.25) is 0 Å². The smallest absolute Gasteiger partial charge is 0.162 e. The predicted octanol–water partition coefficient (Wildman–Crippen LogP) is 6.46. The van der Waals surface area contributed by atoms with Crippen molar-refractivity contribution in [1.82, 2.24) is 9.47 Å². The van der Waals surface area contributed by atoms with E-state index in [9.17, 15) is 18.0 Å². The molecule has 0 spiro atoms. The average Bonchev–Trinajstić information content (AvgIpc) is 3.15. The van der Waals surface area contributed by atoms with Crippen molar-refractivity contribution in [3.63, 3.8) is 0 Å². The van der Waals surface area contributed by atoms with Crippen molar-refractivity contribution in [2.24, 2.45) is 0 Å². The van der Waals surface area contributed by atoms with Crippen LogP contribution >= 0.6 is 0 Å². The molecule has 1 aliphatic heterocycles. The number of hydrogen-bond acceptors (Lipinski definition) is 2. The van der Waals surface area contributed by atoms with E-state index in [1.807, 2.05) is 0 Å². The molecular formula is C28H25F3N2O. The maximum Gasteiger partial charge on any atom is 0.162 e. The molecule has 0 saturated carbocycles. The van der Waals surface area contributed by atoms with Gasteiger partial charge >= 0.3 is 0 Å². The van der Waals surface area contributed by atoms with Gasteiger partial charge in [-0.15, -0.1) is 0 Å². The van der Waals surface area contributed by atoms with Crippen LogP contribution < -0.4 is 0 Å². The van der Waals surface area contributed by atoms with Gasteiger partial charge in [0.15, 0.2) is 5.78 Å². The first kappa shape index (κ1) is 22.4. The van der Waals surface area contributed by atoms with E-state index in [2.05, 4.69) is 9.47 Å². The highest BCUT2D eigenvalue weighted by Gasteiger charge is 2.25. The molecule has 3 nitrogen and oxygen atoms in total. The zero-order valence-corrected chi connectivity index (χ0v) is 18.7. The molecule has 0 N–H and O–H groups in total. The predicted molar refractivity (Wildman–Crippen MR) is 127 cm³/mol. The molecule has 0 amide bonds. The fourth-order valence-electron chi connectivity index (χ4n) is 4.86. The number of Topliss-reactive ketones (excluding diaryl/α,β-unsaturated/α-hetero) is 1. The minimum absolute atomic E-state index is 0.0266. The summed E-state index contributed by atoms with van der Waals surface area (Å²) in [5.41, 5.74) is 4.57. The van der Waals surface area contributed by atoms with Crippen molar-refractivity contribution < 1.29 is 18.0 Å². The minimum atomic E-state index is -0.346. The Bertz CT molecular complexity index is 1330. The van der Waals surface area contributed by atoms with Crippen LogP contribution in [0.1, 0.15) is 40.9 Å². The molecule has 0 saturated heterocycles. The Kier molecular flexibility index (Phi) is 6.24. The lowest BCUT2D eigenvalue weighted by atomic mass is 10.0. The van der Waals surface area contributed by atoms with Gasteiger partial charge in [0.05, 0.1) is 5.52 Å². The summed E-state index contributed by atoms with van der Waals surface area (Å²) in [5, 5.41) is 0.885. The van der Waals surface area contributed by atoms with E-state index in [4.69, 9.17) is 0 Å². The third kappa shape index (κ3) is 4.50. The van der Waals surface area contributed by atoms with Gasteiger partial charge < -0.3 is 4.57 Å². The number of aromatic nitrogens is 1. The Labute approximate surface area is 196 Å². The van der Waals surface area contributed by atoms with Gasteiger partial charge in [0, 0.05) is 48.3 Å². The van der Waals surface area contributed by atoms with Crippen LogP contribution in [0.25, 0.3) is 16.6 Å². The maximum absolute atomic E-state index is 14.1. The van der Waals surface area contributed by atoms with Crippen molar-refractivity contribution in [2.45, 2.75) is 32.2 Å². The number of halogens is 3. The lowest BCUT2D eigenvalue weighted by Gasteiger charge is -2.28. The van der Waals surface area contributed by atoms with Crippen molar-refractivity contribution in [3.8, 4) is 5.69 Å². The molecule has 0 fully saturated rings. The Hall–Kier alpha value is -3.38. The van der Waals surface area contributed by atoms with E-state index in [-0.39, 0.29) is 23.2 Å². The first-order valence-corrected chi connectivity index (χ1v) is 11.6. The molecule has 0 aliphatic carbocycles. The van der Waals surface area contributed by atoms with Crippen molar-refractivity contribution in [2.75, 3.05) is 13.1 Å². The quantitative estimate of drug-likeness (QED) is 0.233. The second kappa shape index (κ2) is 9.47. The molecule has 4 aromatic rings.